The van der Waals surface area contributed by atoms with Crippen LogP contribution in [0.5, 0.6) is 0 Å². The summed E-state index contributed by atoms with van der Waals surface area (Å²) in [4.78, 5) is 13.2. The summed E-state index contributed by atoms with van der Waals surface area (Å²) in [6, 6.07) is 1.54. The lowest BCUT2D eigenvalue weighted by Gasteiger charge is -1.93. The van der Waals surface area contributed by atoms with E-state index in [2.05, 4.69) is 4.99 Å². The van der Waals surface area contributed by atoms with Gasteiger partial charge in [0.05, 0.1) is 5.02 Å². The Bertz CT molecular complexity index is 322. The number of hydrogen-bond donors (Lipinski definition) is 0. The van der Waals surface area contributed by atoms with Crippen molar-refractivity contribution in [3.05, 3.63) is 21.9 Å². The summed E-state index contributed by atoms with van der Waals surface area (Å²) in [7, 11) is 0.725. The third-order valence-corrected chi connectivity index (χ3v) is 2.72. The van der Waals surface area contributed by atoms with Gasteiger partial charge in [-0.05, 0) is 20.1 Å². The quantitative estimate of drug-likeness (QED) is 0.510. The minimum Gasteiger partial charge on any atom is -0.211 e. The van der Waals surface area contributed by atoms with Crippen molar-refractivity contribution in [3.8, 4) is 0 Å². The Morgan fingerprint density at radius 3 is 2.82 bits per heavy atom. The van der Waals surface area contributed by atoms with E-state index < -0.39 is 0 Å². The Morgan fingerprint density at radius 2 is 2.27 bits per heavy atom. The molecular formula is C6H2Cl2NOP. The van der Waals surface area contributed by atoms with Gasteiger partial charge in [0, 0.05) is 5.02 Å². The summed E-state index contributed by atoms with van der Waals surface area (Å²) in [5.74, 6) is 1.70. The van der Waals surface area contributed by atoms with E-state index in [4.69, 9.17) is 23.2 Å². The van der Waals surface area contributed by atoms with Gasteiger partial charge in [0.1, 0.15) is 5.42 Å². The summed E-state index contributed by atoms with van der Waals surface area (Å²) in [5.41, 5.74) is 0.478. The van der Waals surface area contributed by atoms with E-state index in [1.54, 1.807) is 5.80 Å². The number of isocyanates is 1. The molecule has 0 unspecified atom stereocenters. The van der Waals surface area contributed by atoms with Crippen LogP contribution in [0.3, 0.4) is 0 Å². The molecule has 56 valence electrons. The molecule has 0 atom stereocenters. The van der Waals surface area contributed by atoms with Gasteiger partial charge in [-0.25, -0.2) is 4.79 Å². The van der Waals surface area contributed by atoms with Crippen molar-refractivity contribution in [1.82, 2.24) is 0 Å². The molecule has 0 radical (unpaired) electrons. The molecule has 5 heteroatoms. The first-order valence-corrected chi connectivity index (χ1v) is 4.35. The Kier molecular flexibility index (Phi) is 3.04. The molecular weight excluding hydrogens is 204 g/mol. The van der Waals surface area contributed by atoms with Crippen molar-refractivity contribution in [3.63, 3.8) is 0 Å². The van der Waals surface area contributed by atoms with Gasteiger partial charge in [-0.15, -0.1) is 0 Å². The smallest absolute Gasteiger partial charge is 0.211 e. The fraction of sp³-hybridized carbons (Fsp3) is 0. The highest BCUT2D eigenvalue weighted by molar-refractivity contribution is 7.34. The van der Waals surface area contributed by atoms with Gasteiger partial charge in [-0.3, -0.25) is 0 Å². The zero-order valence-corrected chi connectivity index (χ0v) is 7.62. The maximum atomic E-state index is 9.84. The van der Waals surface area contributed by atoms with Crippen LogP contribution in [0.25, 0.3) is 0 Å². The molecule has 1 aromatic heterocycles. The summed E-state index contributed by atoms with van der Waals surface area (Å²) >= 11 is 11.3. The molecule has 0 aliphatic heterocycles. The van der Waals surface area contributed by atoms with Crippen molar-refractivity contribution in [1.29, 1.82) is 0 Å². The number of rotatable bonds is 1. The molecule has 11 heavy (non-hydrogen) atoms. The third-order valence-electron chi connectivity index (χ3n) is 0.940. The topological polar surface area (TPSA) is 29.4 Å². The molecule has 0 bridgehead atoms. The Hall–Kier alpha value is -0.390. The fourth-order valence-electron chi connectivity index (χ4n) is 0.533. The maximum Gasteiger partial charge on any atom is 0.240 e. The predicted octanol–water partition coefficient (Wildman–Crippen LogP) is 3.54. The highest BCUT2D eigenvalue weighted by Crippen LogP contribution is 2.35. The lowest BCUT2D eigenvalue weighted by atomic mass is 10.5. The Balaban J connectivity index is 3.19. The van der Waals surface area contributed by atoms with Crippen molar-refractivity contribution in [2.75, 3.05) is 0 Å². The van der Waals surface area contributed by atoms with Crippen molar-refractivity contribution < 1.29 is 4.79 Å². The number of nitrogens with zero attached hydrogens (tertiary/aromatic N) is 1. The van der Waals surface area contributed by atoms with Gasteiger partial charge in [0.25, 0.3) is 0 Å². The van der Waals surface area contributed by atoms with Crippen LogP contribution in [0, 0.1) is 0 Å². The van der Waals surface area contributed by atoms with E-state index in [-0.39, 0.29) is 0 Å². The molecule has 1 rings (SSSR count). The molecule has 2 nitrogen and oxygen atoms in total. The van der Waals surface area contributed by atoms with Gasteiger partial charge in [-0.1, -0.05) is 23.2 Å². The van der Waals surface area contributed by atoms with E-state index in [9.17, 15) is 4.79 Å². The van der Waals surface area contributed by atoms with E-state index in [0.29, 0.717) is 15.5 Å². The molecule has 0 fully saturated rings. The van der Waals surface area contributed by atoms with Crippen LogP contribution in [0.4, 0.5) is 5.42 Å². The first-order valence-electron chi connectivity index (χ1n) is 2.63. The average molecular weight is 206 g/mol. The van der Waals surface area contributed by atoms with Crippen molar-refractivity contribution in [2.24, 2.45) is 4.99 Å². The van der Waals surface area contributed by atoms with Gasteiger partial charge in [0.15, 0.2) is 0 Å². The Labute approximate surface area is 75.0 Å². The van der Waals surface area contributed by atoms with Gasteiger partial charge < -0.3 is 0 Å². The van der Waals surface area contributed by atoms with Gasteiger partial charge in [0.2, 0.25) is 6.08 Å². The second-order valence-corrected chi connectivity index (χ2v) is 3.45. The zero-order chi connectivity index (χ0) is 8.27. The highest BCUT2D eigenvalue weighted by atomic mass is 35.5. The molecule has 0 saturated heterocycles. The summed E-state index contributed by atoms with van der Waals surface area (Å²) in [6.07, 6.45) is 1.42. The summed E-state index contributed by atoms with van der Waals surface area (Å²) in [5, 5.41) is 0.948. The average Bonchev–Trinajstić information content (AvgIpc) is 1.95. The van der Waals surface area contributed by atoms with Crippen LogP contribution >= 0.6 is 31.4 Å². The van der Waals surface area contributed by atoms with Crippen LogP contribution in [-0.4, -0.2) is 6.08 Å². The largest absolute Gasteiger partial charge is 0.240 e. The standard InChI is InChI=1S/C6H2Cl2NOP/c7-4-1-5(8)6(9-3-10)11-2-4/h1-2H. The lowest BCUT2D eigenvalue weighted by molar-refractivity contribution is 0.565. The predicted molar refractivity (Wildman–Crippen MR) is 46.8 cm³/mol. The number of halogens is 2. The van der Waals surface area contributed by atoms with Crippen LogP contribution in [0.15, 0.2) is 16.9 Å². The second kappa shape index (κ2) is 3.85. The molecule has 0 aliphatic rings. The normalized spacial score (nSPS) is 9.64. The van der Waals surface area contributed by atoms with Gasteiger partial charge in [-0.2, -0.15) is 4.99 Å². The minimum atomic E-state index is 0.391. The zero-order valence-electron chi connectivity index (χ0n) is 5.21. The van der Waals surface area contributed by atoms with Crippen molar-refractivity contribution >= 4 is 42.9 Å². The first kappa shape index (κ1) is 8.70. The van der Waals surface area contributed by atoms with E-state index in [1.807, 2.05) is 0 Å². The van der Waals surface area contributed by atoms with Gasteiger partial charge >= 0.3 is 0 Å². The maximum absolute atomic E-state index is 9.84. The van der Waals surface area contributed by atoms with Crippen molar-refractivity contribution in [2.45, 2.75) is 0 Å². The Morgan fingerprint density at radius 1 is 1.55 bits per heavy atom. The second-order valence-electron chi connectivity index (χ2n) is 1.66. The molecule has 0 saturated carbocycles. The van der Waals surface area contributed by atoms with E-state index in [1.165, 1.54) is 12.1 Å². The third kappa shape index (κ3) is 2.28. The monoisotopic (exact) mass is 205 g/mol. The van der Waals surface area contributed by atoms with Crippen LogP contribution in [0.2, 0.25) is 10.0 Å². The lowest BCUT2D eigenvalue weighted by Crippen LogP contribution is -1.62. The number of carbonyl (C=O) groups excluding carboxylic acids is 1. The molecule has 0 N–H and O–H groups in total. The van der Waals surface area contributed by atoms with Crippen LogP contribution in [-0.2, 0) is 4.79 Å². The molecule has 0 aromatic carbocycles. The summed E-state index contributed by atoms with van der Waals surface area (Å²) in [6.45, 7) is 0. The summed E-state index contributed by atoms with van der Waals surface area (Å²) < 4.78 is 0. The van der Waals surface area contributed by atoms with E-state index in [0.717, 1.165) is 8.19 Å². The molecule has 1 heterocycles. The van der Waals surface area contributed by atoms with E-state index >= 15 is 0 Å². The molecule has 1 aromatic rings. The van der Waals surface area contributed by atoms with Crippen LogP contribution < -0.4 is 0 Å². The highest BCUT2D eigenvalue weighted by Gasteiger charge is 1.98. The number of hydrogen-bond acceptors (Lipinski definition) is 2. The van der Waals surface area contributed by atoms with Crippen LogP contribution in [0.1, 0.15) is 0 Å². The molecule has 0 aliphatic carbocycles. The number of aliphatic imine (C=N–C) groups is 1. The molecule has 0 amide bonds. The minimum absolute atomic E-state index is 0.391. The fourth-order valence-corrected chi connectivity index (χ4v) is 1.76. The molecule has 0 spiro atoms. The SMILES string of the molecule is O=C=Nc1pcc(Cl)cc1Cl. The first-order chi connectivity index (χ1) is 5.24.